The van der Waals surface area contributed by atoms with Crippen LogP contribution in [0.5, 0.6) is 0 Å². The SMILES string of the molecule is COS(=O)c1ccc(F)cc1. The van der Waals surface area contributed by atoms with E-state index in [1.807, 2.05) is 0 Å². The molecule has 0 bridgehead atoms. The lowest BCUT2D eigenvalue weighted by molar-refractivity contribution is 0.445. The summed E-state index contributed by atoms with van der Waals surface area (Å²) in [5.41, 5.74) is 0. The smallest absolute Gasteiger partial charge is 0.188 e. The summed E-state index contributed by atoms with van der Waals surface area (Å²) in [4.78, 5) is 0.467. The van der Waals surface area contributed by atoms with Gasteiger partial charge in [0.2, 0.25) is 0 Å². The van der Waals surface area contributed by atoms with Crippen molar-refractivity contribution in [2.75, 3.05) is 7.11 Å². The summed E-state index contributed by atoms with van der Waals surface area (Å²) in [5, 5.41) is 0. The first-order valence-electron chi connectivity index (χ1n) is 2.96. The lowest BCUT2D eigenvalue weighted by atomic mass is 10.4. The van der Waals surface area contributed by atoms with Crippen molar-refractivity contribution >= 4 is 11.1 Å². The molecule has 0 heterocycles. The number of rotatable bonds is 2. The molecule has 0 aliphatic carbocycles. The molecule has 2 nitrogen and oxygen atoms in total. The minimum absolute atomic E-state index is 0.346. The van der Waals surface area contributed by atoms with Crippen LogP contribution in [0.2, 0.25) is 0 Å². The van der Waals surface area contributed by atoms with Crippen molar-refractivity contribution in [2.24, 2.45) is 0 Å². The maximum absolute atomic E-state index is 12.3. The van der Waals surface area contributed by atoms with E-state index in [4.69, 9.17) is 0 Å². The average molecular weight is 174 g/mol. The number of benzene rings is 1. The zero-order valence-corrected chi connectivity index (χ0v) is 6.73. The number of hydrogen-bond donors (Lipinski definition) is 0. The molecule has 1 aromatic carbocycles. The highest BCUT2D eigenvalue weighted by Crippen LogP contribution is 2.07. The molecule has 1 atom stereocenters. The Morgan fingerprint density at radius 3 is 2.36 bits per heavy atom. The van der Waals surface area contributed by atoms with Crippen LogP contribution in [-0.2, 0) is 15.3 Å². The van der Waals surface area contributed by atoms with Gasteiger partial charge in [-0.15, -0.1) is 0 Å². The van der Waals surface area contributed by atoms with E-state index < -0.39 is 11.1 Å². The van der Waals surface area contributed by atoms with Crippen molar-refractivity contribution in [3.8, 4) is 0 Å². The van der Waals surface area contributed by atoms with E-state index in [0.29, 0.717) is 4.90 Å². The van der Waals surface area contributed by atoms with Crippen molar-refractivity contribution in [2.45, 2.75) is 4.90 Å². The first-order chi connectivity index (χ1) is 5.24. The monoisotopic (exact) mass is 174 g/mol. The topological polar surface area (TPSA) is 26.3 Å². The zero-order valence-electron chi connectivity index (χ0n) is 5.91. The Bertz CT molecular complexity index is 258. The molecule has 0 radical (unpaired) electrons. The van der Waals surface area contributed by atoms with Crippen LogP contribution in [0, 0.1) is 5.82 Å². The summed E-state index contributed by atoms with van der Waals surface area (Å²) in [6.45, 7) is 0. The fourth-order valence-electron chi connectivity index (χ4n) is 0.642. The summed E-state index contributed by atoms with van der Waals surface area (Å²) >= 11 is -1.47. The molecular formula is C7H7FO2S. The fraction of sp³-hybridized carbons (Fsp3) is 0.143. The average Bonchev–Trinajstić information content (AvgIpc) is 2.05. The van der Waals surface area contributed by atoms with Gasteiger partial charge in [0.1, 0.15) is 5.82 Å². The van der Waals surface area contributed by atoms with Gasteiger partial charge >= 0.3 is 0 Å². The van der Waals surface area contributed by atoms with Gasteiger partial charge < -0.3 is 0 Å². The van der Waals surface area contributed by atoms with E-state index in [1.165, 1.54) is 31.4 Å². The fourth-order valence-corrected chi connectivity index (χ4v) is 1.19. The summed E-state index contributed by atoms with van der Waals surface area (Å²) in [6.07, 6.45) is 0. The molecule has 0 fully saturated rings. The Kier molecular flexibility index (Phi) is 2.73. The highest BCUT2D eigenvalue weighted by atomic mass is 32.2. The predicted molar refractivity (Wildman–Crippen MR) is 39.8 cm³/mol. The summed E-state index contributed by atoms with van der Waals surface area (Å²) in [5.74, 6) is -0.346. The summed E-state index contributed by atoms with van der Waals surface area (Å²) in [6, 6.07) is 5.34. The van der Waals surface area contributed by atoms with Gasteiger partial charge in [0, 0.05) is 0 Å². The van der Waals surface area contributed by atoms with Crippen LogP contribution in [-0.4, -0.2) is 11.3 Å². The van der Waals surface area contributed by atoms with Crippen LogP contribution in [0.1, 0.15) is 0 Å². The largest absolute Gasteiger partial charge is 0.290 e. The Morgan fingerprint density at radius 1 is 1.36 bits per heavy atom. The Balaban J connectivity index is 2.90. The second-order valence-electron chi connectivity index (χ2n) is 1.86. The minimum atomic E-state index is -1.47. The first kappa shape index (κ1) is 8.36. The van der Waals surface area contributed by atoms with Gasteiger partial charge in [-0.3, -0.25) is 4.18 Å². The molecule has 1 aromatic rings. The summed E-state index contributed by atoms with van der Waals surface area (Å²) < 4.78 is 27.7. The van der Waals surface area contributed by atoms with Gasteiger partial charge in [-0.1, -0.05) is 0 Å². The molecular weight excluding hydrogens is 167 g/mol. The van der Waals surface area contributed by atoms with E-state index in [9.17, 15) is 8.60 Å². The van der Waals surface area contributed by atoms with Crippen molar-refractivity contribution in [1.29, 1.82) is 0 Å². The second-order valence-corrected chi connectivity index (χ2v) is 3.13. The zero-order chi connectivity index (χ0) is 8.27. The molecule has 0 saturated carbocycles. The third-order valence-electron chi connectivity index (χ3n) is 1.16. The highest BCUT2D eigenvalue weighted by Gasteiger charge is 2.00. The third-order valence-corrected chi connectivity index (χ3v) is 2.12. The van der Waals surface area contributed by atoms with Gasteiger partial charge in [0.25, 0.3) is 0 Å². The molecule has 1 rings (SSSR count). The van der Waals surface area contributed by atoms with E-state index in [1.54, 1.807) is 0 Å². The second kappa shape index (κ2) is 3.59. The van der Waals surface area contributed by atoms with Crippen molar-refractivity contribution < 1.29 is 12.8 Å². The quantitative estimate of drug-likeness (QED) is 0.679. The van der Waals surface area contributed by atoms with Crippen LogP contribution in [0.15, 0.2) is 29.2 Å². The maximum atomic E-state index is 12.3. The Hall–Kier alpha value is -0.740. The molecule has 0 N–H and O–H groups in total. The normalized spacial score (nSPS) is 12.9. The first-order valence-corrected chi connectivity index (χ1v) is 4.03. The number of hydrogen-bond acceptors (Lipinski definition) is 2. The summed E-state index contributed by atoms with van der Waals surface area (Å²) in [7, 11) is 1.33. The molecule has 0 aliphatic rings. The van der Waals surface area contributed by atoms with Crippen LogP contribution >= 0.6 is 0 Å². The van der Waals surface area contributed by atoms with Gasteiger partial charge in [0.15, 0.2) is 11.1 Å². The van der Waals surface area contributed by atoms with Gasteiger partial charge in [-0.2, -0.15) is 0 Å². The molecule has 0 aromatic heterocycles. The van der Waals surface area contributed by atoms with Crippen LogP contribution in [0.25, 0.3) is 0 Å². The minimum Gasteiger partial charge on any atom is -0.290 e. The number of halogens is 1. The molecule has 0 amide bonds. The molecule has 4 heteroatoms. The molecule has 0 aliphatic heterocycles. The standard InChI is InChI=1S/C7H7FO2S/c1-10-11(9)7-4-2-6(8)3-5-7/h2-5H,1H3. The van der Waals surface area contributed by atoms with Crippen molar-refractivity contribution in [3.63, 3.8) is 0 Å². The molecule has 0 spiro atoms. The molecule has 0 saturated heterocycles. The molecule has 60 valence electrons. The van der Waals surface area contributed by atoms with Crippen LogP contribution in [0.4, 0.5) is 4.39 Å². The van der Waals surface area contributed by atoms with Crippen LogP contribution < -0.4 is 0 Å². The van der Waals surface area contributed by atoms with E-state index in [2.05, 4.69) is 4.18 Å². The maximum Gasteiger partial charge on any atom is 0.188 e. The Labute approximate surface area is 66.7 Å². The van der Waals surface area contributed by atoms with Gasteiger partial charge in [-0.05, 0) is 24.3 Å². The van der Waals surface area contributed by atoms with Crippen molar-refractivity contribution in [1.82, 2.24) is 0 Å². The van der Waals surface area contributed by atoms with E-state index in [0.717, 1.165) is 0 Å². The van der Waals surface area contributed by atoms with Gasteiger partial charge in [0.05, 0.1) is 12.0 Å². The predicted octanol–water partition coefficient (Wildman–Crippen LogP) is 1.49. The van der Waals surface area contributed by atoms with Crippen LogP contribution in [0.3, 0.4) is 0 Å². The lowest BCUT2D eigenvalue weighted by Crippen LogP contribution is -1.92. The van der Waals surface area contributed by atoms with Gasteiger partial charge in [-0.25, -0.2) is 8.60 Å². The Morgan fingerprint density at radius 2 is 1.91 bits per heavy atom. The third kappa shape index (κ3) is 2.10. The highest BCUT2D eigenvalue weighted by molar-refractivity contribution is 7.80. The van der Waals surface area contributed by atoms with E-state index >= 15 is 0 Å². The molecule has 1 unspecified atom stereocenters. The van der Waals surface area contributed by atoms with Crippen molar-refractivity contribution in [3.05, 3.63) is 30.1 Å². The van der Waals surface area contributed by atoms with E-state index in [-0.39, 0.29) is 5.82 Å². The molecule has 11 heavy (non-hydrogen) atoms. The lowest BCUT2D eigenvalue weighted by Gasteiger charge is -1.96.